The van der Waals surface area contributed by atoms with E-state index >= 15 is 0 Å². The Bertz CT molecular complexity index is 811. The summed E-state index contributed by atoms with van der Waals surface area (Å²) in [5.41, 5.74) is 3.35. The molecule has 2 nitrogen and oxygen atoms in total. The lowest BCUT2D eigenvalue weighted by atomic mass is 10.1. The molecule has 0 saturated carbocycles. The van der Waals surface area contributed by atoms with Gasteiger partial charge in [-0.25, -0.2) is 4.98 Å². The minimum atomic E-state index is 0.966. The van der Waals surface area contributed by atoms with Gasteiger partial charge in [-0.05, 0) is 42.8 Å². The van der Waals surface area contributed by atoms with Gasteiger partial charge in [-0.2, -0.15) is 0 Å². The van der Waals surface area contributed by atoms with Crippen molar-refractivity contribution in [3.05, 3.63) is 54.2 Å². The Morgan fingerprint density at radius 1 is 1.38 bits per heavy atom. The van der Waals surface area contributed by atoms with Crippen molar-refractivity contribution in [2.24, 2.45) is 0 Å². The zero-order valence-corrected chi connectivity index (χ0v) is 13.7. The first-order valence-corrected chi connectivity index (χ1v) is 8.77. The number of hydrogen-bond donors (Lipinski definition) is 0. The first-order valence-electron chi connectivity index (χ1n) is 6.67. The number of pyridine rings is 1. The molecular weight excluding hydrogens is 296 g/mol. The minimum absolute atomic E-state index is 0.966. The molecule has 0 aliphatic heterocycles. The van der Waals surface area contributed by atoms with E-state index < -0.39 is 0 Å². The summed E-state index contributed by atoms with van der Waals surface area (Å²) < 4.78 is 2.15. The molecule has 4 heteroatoms. The number of fused-ring (bicyclic) bond motifs is 1. The van der Waals surface area contributed by atoms with Gasteiger partial charge in [0.15, 0.2) is 0 Å². The van der Waals surface area contributed by atoms with Crippen molar-refractivity contribution in [1.82, 2.24) is 9.55 Å². The monoisotopic (exact) mass is 312 g/mol. The molecule has 0 aliphatic carbocycles. The van der Waals surface area contributed by atoms with Gasteiger partial charge >= 0.3 is 0 Å². The summed E-state index contributed by atoms with van der Waals surface area (Å²) in [6.45, 7) is 6.22. The van der Waals surface area contributed by atoms with Crippen LogP contribution in [0.2, 0.25) is 0 Å². The predicted octanol–water partition coefficient (Wildman–Crippen LogP) is 5.59. The Morgan fingerprint density at radius 2 is 2.24 bits per heavy atom. The minimum Gasteiger partial charge on any atom is -0.289 e. The van der Waals surface area contributed by atoms with Crippen molar-refractivity contribution in [2.45, 2.75) is 6.92 Å². The van der Waals surface area contributed by atoms with E-state index in [0.717, 1.165) is 16.4 Å². The van der Waals surface area contributed by atoms with Crippen LogP contribution in [-0.2, 0) is 0 Å². The number of allylic oxidation sites excluding steroid dienone is 1. The second-order valence-electron chi connectivity index (χ2n) is 4.55. The van der Waals surface area contributed by atoms with Crippen LogP contribution < -0.4 is 0 Å². The van der Waals surface area contributed by atoms with Gasteiger partial charge in [-0.1, -0.05) is 18.7 Å². The summed E-state index contributed by atoms with van der Waals surface area (Å²) in [7, 11) is 0. The van der Waals surface area contributed by atoms with Crippen LogP contribution in [0.5, 0.6) is 0 Å². The van der Waals surface area contributed by atoms with Crippen LogP contribution in [-0.4, -0.2) is 15.8 Å². The van der Waals surface area contributed by atoms with Crippen LogP contribution in [0.1, 0.15) is 12.6 Å². The SMILES string of the molecule is C=C(SC)n1c(/C=C\C)c(-c2cccs2)c2cccnc21. The van der Waals surface area contributed by atoms with E-state index in [1.165, 1.54) is 15.8 Å². The Labute approximate surface area is 132 Å². The van der Waals surface area contributed by atoms with Gasteiger partial charge in [0.2, 0.25) is 0 Å². The number of thioether (sulfide) groups is 1. The van der Waals surface area contributed by atoms with E-state index in [0.29, 0.717) is 0 Å². The molecule has 0 aliphatic rings. The zero-order valence-electron chi connectivity index (χ0n) is 12.0. The summed E-state index contributed by atoms with van der Waals surface area (Å²) in [6, 6.07) is 8.37. The maximum atomic E-state index is 4.58. The highest BCUT2D eigenvalue weighted by Gasteiger charge is 2.19. The normalized spacial score (nSPS) is 11.5. The fourth-order valence-electron chi connectivity index (χ4n) is 2.47. The Kier molecular flexibility index (Phi) is 3.99. The van der Waals surface area contributed by atoms with Crippen molar-refractivity contribution in [3.8, 4) is 10.4 Å². The molecule has 3 aromatic rings. The molecule has 0 N–H and O–H groups in total. The van der Waals surface area contributed by atoms with Crippen LogP contribution >= 0.6 is 23.1 Å². The number of hydrogen-bond acceptors (Lipinski definition) is 3. The molecule has 0 spiro atoms. The topological polar surface area (TPSA) is 17.8 Å². The third-order valence-corrected chi connectivity index (χ3v) is 4.88. The molecule has 0 saturated heterocycles. The fourth-order valence-corrected chi connectivity index (χ4v) is 3.63. The molecule has 0 unspecified atom stereocenters. The summed E-state index contributed by atoms with van der Waals surface area (Å²) in [5, 5.41) is 4.26. The summed E-state index contributed by atoms with van der Waals surface area (Å²) in [5.74, 6) is 0. The van der Waals surface area contributed by atoms with E-state index in [9.17, 15) is 0 Å². The van der Waals surface area contributed by atoms with Gasteiger partial charge in [0.05, 0.1) is 10.7 Å². The highest BCUT2D eigenvalue weighted by atomic mass is 32.2. The first-order chi connectivity index (χ1) is 10.3. The van der Waals surface area contributed by atoms with Crippen LogP contribution in [0.15, 0.2) is 48.5 Å². The maximum Gasteiger partial charge on any atom is 0.145 e. The molecule has 0 radical (unpaired) electrons. The Hall–Kier alpha value is -1.78. The van der Waals surface area contributed by atoms with Gasteiger partial charge in [0.1, 0.15) is 5.65 Å². The van der Waals surface area contributed by atoms with E-state index in [4.69, 9.17) is 0 Å². The van der Waals surface area contributed by atoms with Gasteiger partial charge in [-0.3, -0.25) is 4.57 Å². The van der Waals surface area contributed by atoms with Crippen molar-refractivity contribution in [1.29, 1.82) is 0 Å². The quantitative estimate of drug-likeness (QED) is 0.625. The van der Waals surface area contributed by atoms with Crippen LogP contribution in [0.3, 0.4) is 0 Å². The molecule has 0 fully saturated rings. The maximum absolute atomic E-state index is 4.58. The van der Waals surface area contributed by atoms with Gasteiger partial charge in [0.25, 0.3) is 0 Å². The zero-order chi connectivity index (χ0) is 14.8. The average molecular weight is 312 g/mol. The van der Waals surface area contributed by atoms with E-state index in [1.807, 2.05) is 25.4 Å². The highest BCUT2D eigenvalue weighted by molar-refractivity contribution is 8.07. The molecule has 3 rings (SSSR count). The molecule has 21 heavy (non-hydrogen) atoms. The smallest absolute Gasteiger partial charge is 0.145 e. The predicted molar refractivity (Wildman–Crippen MR) is 96.6 cm³/mol. The highest BCUT2D eigenvalue weighted by Crippen LogP contribution is 2.39. The van der Waals surface area contributed by atoms with Crippen molar-refractivity contribution in [2.75, 3.05) is 6.26 Å². The molecule has 0 atom stereocenters. The molecule has 0 amide bonds. The largest absolute Gasteiger partial charge is 0.289 e. The Morgan fingerprint density at radius 3 is 2.90 bits per heavy atom. The van der Waals surface area contributed by atoms with Crippen molar-refractivity contribution < 1.29 is 0 Å². The summed E-state index contributed by atoms with van der Waals surface area (Å²) >= 11 is 3.39. The lowest BCUT2D eigenvalue weighted by molar-refractivity contribution is 1.14. The number of aromatic nitrogens is 2. The van der Waals surface area contributed by atoms with Gasteiger partial charge in [0, 0.05) is 22.0 Å². The number of nitrogens with zero attached hydrogens (tertiary/aromatic N) is 2. The second kappa shape index (κ2) is 5.92. The van der Waals surface area contributed by atoms with Crippen molar-refractivity contribution in [3.63, 3.8) is 0 Å². The third-order valence-electron chi connectivity index (χ3n) is 3.34. The molecule has 3 heterocycles. The van der Waals surface area contributed by atoms with Crippen LogP contribution in [0, 0.1) is 0 Å². The third kappa shape index (κ3) is 2.34. The summed E-state index contributed by atoms with van der Waals surface area (Å²) in [6.07, 6.45) is 8.08. The average Bonchev–Trinajstić information content (AvgIpc) is 3.12. The van der Waals surface area contributed by atoms with Crippen molar-refractivity contribution >= 4 is 45.2 Å². The van der Waals surface area contributed by atoms with Crippen LogP contribution in [0.4, 0.5) is 0 Å². The lowest BCUT2D eigenvalue weighted by Gasteiger charge is -2.09. The van der Waals surface area contributed by atoms with E-state index in [2.05, 4.69) is 51.9 Å². The molecule has 3 aromatic heterocycles. The van der Waals surface area contributed by atoms with E-state index in [-0.39, 0.29) is 0 Å². The molecule has 0 aromatic carbocycles. The number of thiophene rings is 1. The van der Waals surface area contributed by atoms with Gasteiger partial charge in [-0.15, -0.1) is 23.1 Å². The second-order valence-corrected chi connectivity index (χ2v) is 6.37. The fraction of sp³-hybridized carbons (Fsp3) is 0.118. The molecule has 106 valence electrons. The first kappa shape index (κ1) is 14.2. The standard InChI is InChI=1S/C17H16N2S2/c1-4-7-14-16(15-9-6-11-21-15)13-8-5-10-18-17(13)19(14)12(2)20-3/h4-11H,2H2,1,3H3/b7-4-. The lowest BCUT2D eigenvalue weighted by Crippen LogP contribution is -1.96. The summed E-state index contributed by atoms with van der Waals surface area (Å²) in [4.78, 5) is 5.84. The molecule has 0 bridgehead atoms. The van der Waals surface area contributed by atoms with Gasteiger partial charge < -0.3 is 0 Å². The molecular formula is C17H16N2S2. The van der Waals surface area contributed by atoms with Crippen LogP contribution in [0.25, 0.3) is 32.6 Å². The Balaban J connectivity index is 2.45. The van der Waals surface area contributed by atoms with E-state index in [1.54, 1.807) is 23.1 Å². The number of rotatable bonds is 4.